The number of H-pyrrole nitrogens is 1. The average Bonchev–Trinajstić information content (AvgIpc) is 2.44. The highest BCUT2D eigenvalue weighted by atomic mass is 16.3. The summed E-state index contributed by atoms with van der Waals surface area (Å²) in [5.41, 5.74) is 3.78. The summed E-state index contributed by atoms with van der Waals surface area (Å²) in [6.07, 6.45) is 2.09. The lowest BCUT2D eigenvalue weighted by Gasteiger charge is -2.07. The van der Waals surface area contributed by atoms with Crippen molar-refractivity contribution in [1.29, 1.82) is 0 Å². The van der Waals surface area contributed by atoms with Gasteiger partial charge in [-0.05, 0) is 37.6 Å². The van der Waals surface area contributed by atoms with Crippen LogP contribution in [0, 0.1) is 0 Å². The summed E-state index contributed by atoms with van der Waals surface area (Å²) < 4.78 is 0. The first kappa shape index (κ1) is 9.73. The van der Waals surface area contributed by atoms with Gasteiger partial charge in [0.25, 0.3) is 0 Å². The molecular formula is C13H16N2O. The lowest BCUT2D eigenvalue weighted by molar-refractivity contribution is 0.476. The number of phenolic OH excluding ortho intramolecular Hbond substituents is 1. The minimum atomic E-state index is 0.329. The van der Waals surface area contributed by atoms with E-state index in [4.69, 9.17) is 0 Å². The van der Waals surface area contributed by atoms with Crippen LogP contribution in [0.3, 0.4) is 0 Å². The largest absolute Gasteiger partial charge is 0.508 e. The maximum absolute atomic E-state index is 9.47. The number of aromatic amines is 1. The summed E-state index contributed by atoms with van der Waals surface area (Å²) in [6.45, 7) is 3.24. The second-order valence-electron chi connectivity index (χ2n) is 4.62. The molecule has 1 aliphatic rings. The third kappa shape index (κ3) is 1.48. The molecule has 0 radical (unpaired) electrons. The number of hydrogen-bond donors (Lipinski definition) is 3. The molecule has 0 fully saturated rings. The van der Waals surface area contributed by atoms with Gasteiger partial charge in [0.15, 0.2) is 0 Å². The van der Waals surface area contributed by atoms with Crippen LogP contribution in [0.25, 0.3) is 10.9 Å². The predicted molar refractivity (Wildman–Crippen MR) is 64.8 cm³/mol. The highest BCUT2D eigenvalue weighted by Gasteiger charge is 2.17. The Hall–Kier alpha value is -1.48. The van der Waals surface area contributed by atoms with Crippen LogP contribution in [0.5, 0.6) is 5.75 Å². The van der Waals surface area contributed by atoms with Crippen molar-refractivity contribution >= 4 is 10.9 Å². The molecule has 0 bridgehead atoms. The number of nitrogens with one attached hydrogen (secondary N) is 2. The quantitative estimate of drug-likeness (QED) is 0.630. The van der Waals surface area contributed by atoms with Crippen molar-refractivity contribution < 1.29 is 5.11 Å². The molecule has 0 saturated carbocycles. The highest BCUT2D eigenvalue weighted by molar-refractivity contribution is 5.86. The summed E-state index contributed by atoms with van der Waals surface area (Å²) in [5.74, 6) is 0.329. The van der Waals surface area contributed by atoms with E-state index in [1.165, 1.54) is 16.6 Å². The first-order valence-corrected chi connectivity index (χ1v) is 5.80. The third-order valence-electron chi connectivity index (χ3n) is 3.36. The van der Waals surface area contributed by atoms with E-state index in [2.05, 4.69) is 17.2 Å². The van der Waals surface area contributed by atoms with Crippen molar-refractivity contribution in [2.24, 2.45) is 0 Å². The fourth-order valence-electron chi connectivity index (χ4n) is 2.58. The van der Waals surface area contributed by atoms with Gasteiger partial charge in [-0.3, -0.25) is 0 Å². The molecule has 0 spiro atoms. The Kier molecular flexibility index (Phi) is 2.14. The van der Waals surface area contributed by atoms with Crippen molar-refractivity contribution in [1.82, 2.24) is 10.3 Å². The summed E-state index contributed by atoms with van der Waals surface area (Å²) in [5, 5.41) is 14.2. The van der Waals surface area contributed by atoms with E-state index in [1.807, 2.05) is 12.1 Å². The van der Waals surface area contributed by atoms with Gasteiger partial charge in [-0.15, -0.1) is 0 Å². The molecule has 16 heavy (non-hydrogen) atoms. The Morgan fingerprint density at radius 1 is 1.38 bits per heavy atom. The topological polar surface area (TPSA) is 48.0 Å². The lowest BCUT2D eigenvalue weighted by atomic mass is 10.1. The third-order valence-corrected chi connectivity index (χ3v) is 3.36. The van der Waals surface area contributed by atoms with Gasteiger partial charge < -0.3 is 15.4 Å². The van der Waals surface area contributed by atoms with Gasteiger partial charge in [-0.2, -0.15) is 0 Å². The van der Waals surface area contributed by atoms with E-state index in [0.29, 0.717) is 11.8 Å². The van der Waals surface area contributed by atoms with E-state index >= 15 is 0 Å². The zero-order valence-electron chi connectivity index (χ0n) is 9.38. The molecular weight excluding hydrogens is 200 g/mol. The normalized spacial score (nSPS) is 20.7. The number of hydrogen-bond acceptors (Lipinski definition) is 2. The molecule has 1 atom stereocenters. The van der Waals surface area contributed by atoms with Crippen molar-refractivity contribution in [2.75, 3.05) is 6.54 Å². The first-order valence-electron chi connectivity index (χ1n) is 5.80. The van der Waals surface area contributed by atoms with E-state index in [9.17, 15) is 5.11 Å². The molecule has 3 nitrogen and oxygen atoms in total. The van der Waals surface area contributed by atoms with Gasteiger partial charge in [-0.1, -0.05) is 0 Å². The molecule has 3 heteroatoms. The summed E-state index contributed by atoms with van der Waals surface area (Å²) in [4.78, 5) is 3.43. The SMILES string of the molecule is CC1Cc2[nH]c3cc(O)ccc3c2CCN1. The van der Waals surface area contributed by atoms with Gasteiger partial charge in [0.1, 0.15) is 5.75 Å². The molecule has 0 aliphatic carbocycles. The second-order valence-corrected chi connectivity index (χ2v) is 4.62. The van der Waals surface area contributed by atoms with Crippen LogP contribution in [0.2, 0.25) is 0 Å². The Bertz CT molecular complexity index is 530. The van der Waals surface area contributed by atoms with Crippen molar-refractivity contribution in [3.63, 3.8) is 0 Å². The van der Waals surface area contributed by atoms with Crippen molar-refractivity contribution in [2.45, 2.75) is 25.8 Å². The van der Waals surface area contributed by atoms with Crippen molar-refractivity contribution in [3.8, 4) is 5.75 Å². The monoisotopic (exact) mass is 216 g/mol. The molecule has 3 rings (SSSR count). The molecule has 0 saturated heterocycles. The van der Waals surface area contributed by atoms with Crippen LogP contribution in [-0.4, -0.2) is 22.7 Å². The maximum Gasteiger partial charge on any atom is 0.117 e. The zero-order valence-corrected chi connectivity index (χ0v) is 9.38. The fourth-order valence-corrected chi connectivity index (χ4v) is 2.58. The van der Waals surface area contributed by atoms with E-state index in [1.54, 1.807) is 6.07 Å². The van der Waals surface area contributed by atoms with Crippen LogP contribution in [0.15, 0.2) is 18.2 Å². The van der Waals surface area contributed by atoms with E-state index in [0.717, 1.165) is 24.9 Å². The zero-order chi connectivity index (χ0) is 11.1. The maximum atomic E-state index is 9.47. The van der Waals surface area contributed by atoms with Crippen LogP contribution in [0.1, 0.15) is 18.2 Å². The number of benzene rings is 1. The minimum absolute atomic E-state index is 0.329. The second kappa shape index (κ2) is 3.52. The lowest BCUT2D eigenvalue weighted by Crippen LogP contribution is -2.27. The van der Waals surface area contributed by atoms with Gasteiger partial charge in [0, 0.05) is 35.1 Å². The average molecular weight is 216 g/mol. The molecule has 1 aliphatic heterocycles. The first-order chi connectivity index (χ1) is 7.74. The Morgan fingerprint density at radius 3 is 3.12 bits per heavy atom. The number of phenols is 1. The molecule has 1 aromatic heterocycles. The molecule has 1 aromatic carbocycles. The van der Waals surface area contributed by atoms with Crippen LogP contribution in [-0.2, 0) is 12.8 Å². The standard InChI is InChI=1S/C13H16N2O/c1-8-6-12-11(4-5-14-8)10-3-2-9(16)7-13(10)15-12/h2-3,7-8,14-16H,4-6H2,1H3. The van der Waals surface area contributed by atoms with Gasteiger partial charge in [0.05, 0.1) is 0 Å². The molecule has 1 unspecified atom stereocenters. The predicted octanol–water partition coefficient (Wildman–Crippen LogP) is 1.95. The molecule has 0 amide bonds. The molecule has 2 aromatic rings. The molecule has 84 valence electrons. The van der Waals surface area contributed by atoms with Gasteiger partial charge in [-0.25, -0.2) is 0 Å². The molecule has 3 N–H and O–H groups in total. The van der Waals surface area contributed by atoms with Crippen LogP contribution >= 0.6 is 0 Å². The van der Waals surface area contributed by atoms with Gasteiger partial charge >= 0.3 is 0 Å². The Labute approximate surface area is 94.5 Å². The van der Waals surface area contributed by atoms with E-state index < -0.39 is 0 Å². The van der Waals surface area contributed by atoms with E-state index in [-0.39, 0.29) is 0 Å². The fraction of sp³-hybridized carbons (Fsp3) is 0.385. The highest BCUT2D eigenvalue weighted by Crippen LogP contribution is 2.27. The number of aromatic hydroxyl groups is 1. The number of fused-ring (bicyclic) bond motifs is 3. The summed E-state index contributed by atoms with van der Waals surface area (Å²) in [6, 6.07) is 6.10. The Morgan fingerprint density at radius 2 is 2.25 bits per heavy atom. The summed E-state index contributed by atoms with van der Waals surface area (Å²) in [7, 11) is 0. The number of rotatable bonds is 0. The van der Waals surface area contributed by atoms with Crippen LogP contribution in [0.4, 0.5) is 0 Å². The smallest absolute Gasteiger partial charge is 0.117 e. The van der Waals surface area contributed by atoms with Crippen LogP contribution < -0.4 is 5.32 Å². The van der Waals surface area contributed by atoms with Gasteiger partial charge in [0.2, 0.25) is 0 Å². The number of aromatic nitrogens is 1. The van der Waals surface area contributed by atoms with Crippen molar-refractivity contribution in [3.05, 3.63) is 29.5 Å². The molecule has 2 heterocycles. The minimum Gasteiger partial charge on any atom is -0.508 e. The Balaban J connectivity index is 2.18. The summed E-state index contributed by atoms with van der Waals surface area (Å²) >= 11 is 0.